The average Bonchev–Trinajstić information content (AvgIpc) is 2.67. The molecule has 0 bridgehead atoms. The summed E-state index contributed by atoms with van der Waals surface area (Å²) in [5.74, 6) is 2.21. The number of ether oxygens (including phenoxy) is 1. The number of methoxy groups -OCH3 is 1. The Labute approximate surface area is 148 Å². The van der Waals surface area contributed by atoms with Crippen LogP contribution in [-0.2, 0) is 6.42 Å². The van der Waals surface area contributed by atoms with Crippen molar-refractivity contribution in [3.8, 4) is 5.75 Å². The van der Waals surface area contributed by atoms with Crippen molar-refractivity contribution >= 4 is 17.5 Å². The fourth-order valence-electron chi connectivity index (χ4n) is 2.47. The van der Waals surface area contributed by atoms with E-state index in [0.717, 1.165) is 36.6 Å². The lowest BCUT2D eigenvalue weighted by molar-refractivity contribution is 0.415. The van der Waals surface area contributed by atoms with Crippen molar-refractivity contribution < 1.29 is 4.74 Å². The zero-order valence-corrected chi connectivity index (χ0v) is 14.3. The van der Waals surface area contributed by atoms with Crippen molar-refractivity contribution in [1.29, 1.82) is 0 Å². The second kappa shape index (κ2) is 8.68. The lowest BCUT2D eigenvalue weighted by Crippen LogP contribution is -2.06. The molecule has 0 aliphatic carbocycles. The number of rotatable bonds is 8. The highest BCUT2D eigenvalue weighted by molar-refractivity contribution is 5.55. The first-order chi connectivity index (χ1) is 12.3. The molecule has 3 rings (SSSR count). The van der Waals surface area contributed by atoms with Crippen molar-refractivity contribution in [2.45, 2.75) is 12.8 Å². The van der Waals surface area contributed by atoms with Gasteiger partial charge in [0.25, 0.3) is 0 Å². The third kappa shape index (κ3) is 5.21. The SMILES string of the molecule is COc1ccc(Nc2nccc(NCCCc3ccccc3)n2)cc1. The van der Waals surface area contributed by atoms with Gasteiger partial charge in [-0.1, -0.05) is 30.3 Å². The molecule has 0 saturated heterocycles. The molecule has 25 heavy (non-hydrogen) atoms. The molecular weight excluding hydrogens is 312 g/mol. The molecule has 0 aliphatic rings. The smallest absolute Gasteiger partial charge is 0.229 e. The number of aryl methyl sites for hydroxylation is 1. The normalized spacial score (nSPS) is 10.3. The molecule has 2 N–H and O–H groups in total. The van der Waals surface area contributed by atoms with Gasteiger partial charge in [-0.05, 0) is 48.7 Å². The zero-order valence-electron chi connectivity index (χ0n) is 14.3. The van der Waals surface area contributed by atoms with Crippen molar-refractivity contribution in [2.24, 2.45) is 0 Å². The average molecular weight is 334 g/mol. The maximum atomic E-state index is 5.16. The van der Waals surface area contributed by atoms with Crippen molar-refractivity contribution in [2.75, 3.05) is 24.3 Å². The summed E-state index contributed by atoms with van der Waals surface area (Å²) in [6, 6.07) is 20.0. The van der Waals surface area contributed by atoms with Gasteiger partial charge in [0.15, 0.2) is 0 Å². The molecule has 128 valence electrons. The summed E-state index contributed by atoms with van der Waals surface area (Å²) in [5, 5.41) is 6.54. The monoisotopic (exact) mass is 334 g/mol. The van der Waals surface area contributed by atoms with Crippen LogP contribution in [-0.4, -0.2) is 23.6 Å². The zero-order chi connectivity index (χ0) is 17.3. The van der Waals surface area contributed by atoms with E-state index >= 15 is 0 Å². The molecule has 0 unspecified atom stereocenters. The highest BCUT2D eigenvalue weighted by Crippen LogP contribution is 2.18. The van der Waals surface area contributed by atoms with E-state index in [2.05, 4.69) is 44.9 Å². The first-order valence-electron chi connectivity index (χ1n) is 8.35. The van der Waals surface area contributed by atoms with E-state index in [-0.39, 0.29) is 0 Å². The Bertz CT molecular complexity index is 775. The largest absolute Gasteiger partial charge is 0.497 e. The number of hydrogen-bond acceptors (Lipinski definition) is 5. The summed E-state index contributed by atoms with van der Waals surface area (Å²) in [7, 11) is 1.65. The van der Waals surface area contributed by atoms with Crippen LogP contribution in [0.25, 0.3) is 0 Å². The van der Waals surface area contributed by atoms with Gasteiger partial charge in [-0.2, -0.15) is 4.98 Å². The van der Waals surface area contributed by atoms with Crippen LogP contribution < -0.4 is 15.4 Å². The third-order valence-electron chi connectivity index (χ3n) is 3.79. The van der Waals surface area contributed by atoms with E-state index in [9.17, 15) is 0 Å². The third-order valence-corrected chi connectivity index (χ3v) is 3.79. The summed E-state index contributed by atoms with van der Waals surface area (Å²) in [6.07, 6.45) is 3.85. The van der Waals surface area contributed by atoms with E-state index in [0.29, 0.717) is 5.95 Å². The van der Waals surface area contributed by atoms with Crippen LogP contribution in [0, 0.1) is 0 Å². The molecular formula is C20H22N4O. The van der Waals surface area contributed by atoms with E-state index in [4.69, 9.17) is 4.74 Å². The second-order valence-corrected chi connectivity index (χ2v) is 5.63. The minimum atomic E-state index is 0.568. The molecule has 0 aliphatic heterocycles. The number of aromatic nitrogens is 2. The highest BCUT2D eigenvalue weighted by Gasteiger charge is 2.01. The summed E-state index contributed by atoms with van der Waals surface area (Å²) in [6.45, 7) is 0.869. The molecule has 0 radical (unpaired) electrons. The summed E-state index contributed by atoms with van der Waals surface area (Å²) in [5.41, 5.74) is 2.27. The van der Waals surface area contributed by atoms with Gasteiger partial charge in [0, 0.05) is 18.4 Å². The molecule has 0 saturated carbocycles. The van der Waals surface area contributed by atoms with E-state index in [1.165, 1.54) is 5.56 Å². The molecule has 5 nitrogen and oxygen atoms in total. The van der Waals surface area contributed by atoms with E-state index in [1.807, 2.05) is 36.4 Å². The molecule has 0 fully saturated rings. The summed E-state index contributed by atoms with van der Waals surface area (Å²) >= 11 is 0. The van der Waals surface area contributed by atoms with Gasteiger partial charge in [0.05, 0.1) is 7.11 Å². The Morgan fingerprint density at radius 2 is 1.76 bits per heavy atom. The fourth-order valence-corrected chi connectivity index (χ4v) is 2.47. The lowest BCUT2D eigenvalue weighted by Gasteiger charge is -2.09. The molecule has 0 spiro atoms. The van der Waals surface area contributed by atoms with Crippen LogP contribution in [0.4, 0.5) is 17.5 Å². The van der Waals surface area contributed by atoms with Crippen LogP contribution >= 0.6 is 0 Å². The molecule has 2 aromatic carbocycles. The number of nitrogens with zero attached hydrogens (tertiary/aromatic N) is 2. The highest BCUT2D eigenvalue weighted by atomic mass is 16.5. The van der Waals surface area contributed by atoms with Crippen molar-refractivity contribution in [3.05, 3.63) is 72.4 Å². The van der Waals surface area contributed by atoms with Crippen molar-refractivity contribution in [1.82, 2.24) is 9.97 Å². The van der Waals surface area contributed by atoms with Gasteiger partial charge < -0.3 is 15.4 Å². The minimum absolute atomic E-state index is 0.568. The van der Waals surface area contributed by atoms with E-state index < -0.39 is 0 Å². The lowest BCUT2D eigenvalue weighted by atomic mass is 10.1. The number of benzene rings is 2. The minimum Gasteiger partial charge on any atom is -0.497 e. The Morgan fingerprint density at radius 3 is 2.52 bits per heavy atom. The fraction of sp³-hybridized carbons (Fsp3) is 0.200. The molecule has 0 amide bonds. The van der Waals surface area contributed by atoms with Gasteiger partial charge in [0.1, 0.15) is 11.6 Å². The number of hydrogen-bond donors (Lipinski definition) is 2. The quantitative estimate of drug-likeness (QED) is 0.602. The standard InChI is InChI=1S/C20H22N4O/c1-25-18-11-9-17(10-12-18)23-20-22-15-13-19(24-20)21-14-5-8-16-6-3-2-4-7-16/h2-4,6-7,9-13,15H,5,8,14H2,1H3,(H2,21,22,23,24). The first-order valence-corrected chi connectivity index (χ1v) is 8.35. The first kappa shape index (κ1) is 16.8. The number of nitrogens with one attached hydrogen (secondary N) is 2. The van der Waals surface area contributed by atoms with Crippen LogP contribution in [0.5, 0.6) is 5.75 Å². The molecule has 5 heteroatoms. The van der Waals surface area contributed by atoms with Gasteiger partial charge in [-0.3, -0.25) is 0 Å². The Kier molecular flexibility index (Phi) is 5.82. The molecule has 1 aromatic heterocycles. The predicted molar refractivity (Wildman–Crippen MR) is 102 cm³/mol. The predicted octanol–water partition coefficient (Wildman–Crippen LogP) is 4.27. The van der Waals surface area contributed by atoms with Gasteiger partial charge in [0.2, 0.25) is 5.95 Å². The Balaban J connectivity index is 1.50. The Morgan fingerprint density at radius 1 is 0.960 bits per heavy atom. The van der Waals surface area contributed by atoms with Gasteiger partial charge >= 0.3 is 0 Å². The molecule has 1 heterocycles. The van der Waals surface area contributed by atoms with Gasteiger partial charge in [-0.25, -0.2) is 4.98 Å². The Hall–Kier alpha value is -3.08. The number of anilines is 3. The topological polar surface area (TPSA) is 59.1 Å². The maximum absolute atomic E-state index is 5.16. The molecule has 3 aromatic rings. The van der Waals surface area contributed by atoms with Crippen LogP contribution in [0.1, 0.15) is 12.0 Å². The summed E-state index contributed by atoms with van der Waals surface area (Å²) < 4.78 is 5.16. The van der Waals surface area contributed by atoms with E-state index in [1.54, 1.807) is 13.3 Å². The second-order valence-electron chi connectivity index (χ2n) is 5.63. The van der Waals surface area contributed by atoms with Crippen LogP contribution in [0.15, 0.2) is 66.9 Å². The van der Waals surface area contributed by atoms with Gasteiger partial charge in [-0.15, -0.1) is 0 Å². The van der Waals surface area contributed by atoms with Crippen molar-refractivity contribution in [3.63, 3.8) is 0 Å². The van der Waals surface area contributed by atoms with Crippen LogP contribution in [0.3, 0.4) is 0 Å². The van der Waals surface area contributed by atoms with Crippen LogP contribution in [0.2, 0.25) is 0 Å². The summed E-state index contributed by atoms with van der Waals surface area (Å²) in [4.78, 5) is 8.75. The molecule has 0 atom stereocenters. The maximum Gasteiger partial charge on any atom is 0.229 e.